The number of nitrogens with one attached hydrogen (secondary N) is 1. The van der Waals surface area contributed by atoms with Crippen molar-refractivity contribution in [2.24, 2.45) is 5.41 Å². The predicted octanol–water partition coefficient (Wildman–Crippen LogP) is 2.67. The van der Waals surface area contributed by atoms with Crippen LogP contribution in [0, 0.1) is 12.3 Å². The average Bonchev–Trinajstić information content (AvgIpc) is 3.02. The summed E-state index contributed by atoms with van der Waals surface area (Å²) in [4.78, 5) is 37.7. The number of likely N-dealkylation sites (tertiary alicyclic amines) is 1. The summed E-state index contributed by atoms with van der Waals surface area (Å²) in [6.07, 6.45) is 1.91. The van der Waals surface area contributed by atoms with E-state index in [1.54, 1.807) is 25.1 Å². The van der Waals surface area contributed by atoms with Crippen molar-refractivity contribution in [3.8, 4) is 0 Å². The number of aliphatic carboxylic acids is 1. The van der Waals surface area contributed by atoms with E-state index in [-0.39, 0.29) is 18.2 Å². The van der Waals surface area contributed by atoms with Gasteiger partial charge in [-0.3, -0.25) is 14.4 Å². The number of carbonyl (C=O) groups is 3. The van der Waals surface area contributed by atoms with Crippen LogP contribution in [0.2, 0.25) is 0 Å². The molecule has 0 saturated carbocycles. The van der Waals surface area contributed by atoms with Crippen LogP contribution in [-0.4, -0.2) is 40.9 Å². The van der Waals surface area contributed by atoms with E-state index in [2.05, 4.69) is 5.32 Å². The number of benzene rings is 1. The molecular weight excluding hydrogens is 308 g/mol. The molecular formula is C18H24N2O4. The lowest BCUT2D eigenvalue weighted by Gasteiger charge is -2.20. The number of carboxylic acids is 1. The second-order valence-corrected chi connectivity index (χ2v) is 6.89. The van der Waals surface area contributed by atoms with Gasteiger partial charge in [-0.2, -0.15) is 0 Å². The molecule has 0 unspecified atom stereocenters. The molecule has 0 aliphatic carbocycles. The zero-order chi connectivity index (χ0) is 17.9. The van der Waals surface area contributed by atoms with Crippen molar-refractivity contribution >= 4 is 23.5 Å². The normalized spacial score (nSPS) is 14.5. The van der Waals surface area contributed by atoms with E-state index in [4.69, 9.17) is 5.11 Å². The SMILES string of the molecule is Cc1c(NC(=O)CC(C)(C)C(=O)O)cccc1C(=O)N1CCCC1. The number of rotatable bonds is 5. The smallest absolute Gasteiger partial charge is 0.309 e. The fourth-order valence-electron chi connectivity index (χ4n) is 2.76. The summed E-state index contributed by atoms with van der Waals surface area (Å²) >= 11 is 0. The lowest BCUT2D eigenvalue weighted by atomic mass is 9.89. The number of hydrogen-bond donors (Lipinski definition) is 2. The molecule has 2 N–H and O–H groups in total. The molecule has 24 heavy (non-hydrogen) atoms. The molecule has 130 valence electrons. The first-order chi connectivity index (χ1) is 11.2. The third kappa shape index (κ3) is 3.93. The van der Waals surface area contributed by atoms with Crippen LogP contribution in [0.5, 0.6) is 0 Å². The minimum Gasteiger partial charge on any atom is -0.481 e. The minimum atomic E-state index is -1.14. The fourth-order valence-corrected chi connectivity index (χ4v) is 2.76. The molecule has 0 bridgehead atoms. The van der Waals surface area contributed by atoms with Gasteiger partial charge >= 0.3 is 5.97 Å². The van der Waals surface area contributed by atoms with Gasteiger partial charge in [0.15, 0.2) is 0 Å². The molecule has 1 aliphatic rings. The number of carboxylic acid groups (broad SMARTS) is 1. The fraction of sp³-hybridized carbons (Fsp3) is 0.500. The van der Waals surface area contributed by atoms with Crippen LogP contribution in [-0.2, 0) is 9.59 Å². The molecule has 1 saturated heterocycles. The minimum absolute atomic E-state index is 0.0213. The first-order valence-corrected chi connectivity index (χ1v) is 8.14. The van der Waals surface area contributed by atoms with Gasteiger partial charge < -0.3 is 15.3 Å². The molecule has 6 nitrogen and oxygen atoms in total. The van der Waals surface area contributed by atoms with Crippen molar-refractivity contribution in [2.45, 2.75) is 40.0 Å². The largest absolute Gasteiger partial charge is 0.481 e. The second-order valence-electron chi connectivity index (χ2n) is 6.89. The highest BCUT2D eigenvalue weighted by Gasteiger charge is 2.30. The van der Waals surface area contributed by atoms with Gasteiger partial charge in [0.1, 0.15) is 0 Å². The highest BCUT2D eigenvalue weighted by atomic mass is 16.4. The third-order valence-corrected chi connectivity index (χ3v) is 4.41. The van der Waals surface area contributed by atoms with Crippen molar-refractivity contribution in [1.29, 1.82) is 0 Å². The van der Waals surface area contributed by atoms with Crippen LogP contribution in [0.25, 0.3) is 0 Å². The molecule has 0 spiro atoms. The lowest BCUT2D eigenvalue weighted by Crippen LogP contribution is -2.30. The van der Waals surface area contributed by atoms with Gasteiger partial charge in [0.25, 0.3) is 5.91 Å². The number of nitrogens with zero attached hydrogens (tertiary/aromatic N) is 1. The zero-order valence-corrected chi connectivity index (χ0v) is 14.4. The number of hydrogen-bond acceptors (Lipinski definition) is 3. The first-order valence-electron chi connectivity index (χ1n) is 8.14. The Bertz CT molecular complexity index is 661. The van der Waals surface area contributed by atoms with Gasteiger partial charge in [-0.05, 0) is 51.3 Å². The van der Waals surface area contributed by atoms with Crippen molar-refractivity contribution in [1.82, 2.24) is 4.90 Å². The molecule has 6 heteroatoms. The molecule has 0 atom stereocenters. The van der Waals surface area contributed by atoms with Gasteiger partial charge in [0.2, 0.25) is 5.91 Å². The molecule has 0 radical (unpaired) electrons. The Morgan fingerprint density at radius 2 is 1.83 bits per heavy atom. The summed E-state index contributed by atoms with van der Waals surface area (Å²) in [5.41, 5.74) is 0.690. The first kappa shape index (κ1) is 18.0. The Labute approximate surface area is 141 Å². The number of carbonyl (C=O) groups excluding carboxylic acids is 2. The predicted molar refractivity (Wildman–Crippen MR) is 91.0 cm³/mol. The Balaban J connectivity index is 2.14. The van der Waals surface area contributed by atoms with E-state index in [9.17, 15) is 14.4 Å². The Morgan fingerprint density at radius 1 is 1.21 bits per heavy atom. The molecule has 0 aromatic heterocycles. The Hall–Kier alpha value is -2.37. The maximum atomic E-state index is 12.6. The van der Waals surface area contributed by atoms with E-state index in [0.717, 1.165) is 25.9 Å². The quantitative estimate of drug-likeness (QED) is 0.868. The summed E-state index contributed by atoms with van der Waals surface area (Å²) < 4.78 is 0. The lowest BCUT2D eigenvalue weighted by molar-refractivity contribution is -0.148. The maximum Gasteiger partial charge on any atom is 0.309 e. The van der Waals surface area contributed by atoms with E-state index in [1.165, 1.54) is 13.8 Å². The van der Waals surface area contributed by atoms with Crippen molar-refractivity contribution in [3.63, 3.8) is 0 Å². The van der Waals surface area contributed by atoms with E-state index in [0.29, 0.717) is 16.8 Å². The summed E-state index contributed by atoms with van der Waals surface area (Å²) in [6, 6.07) is 5.21. The van der Waals surface area contributed by atoms with Crippen molar-refractivity contribution in [3.05, 3.63) is 29.3 Å². The topological polar surface area (TPSA) is 86.7 Å². The molecule has 2 rings (SSSR count). The van der Waals surface area contributed by atoms with Crippen LogP contribution in [0.4, 0.5) is 5.69 Å². The maximum absolute atomic E-state index is 12.6. The van der Waals surface area contributed by atoms with Crippen LogP contribution in [0.3, 0.4) is 0 Å². The summed E-state index contributed by atoms with van der Waals surface area (Å²) in [5, 5.41) is 11.9. The van der Waals surface area contributed by atoms with E-state index in [1.807, 2.05) is 4.90 Å². The van der Waals surface area contributed by atoms with Gasteiger partial charge in [0, 0.05) is 30.8 Å². The molecule has 1 heterocycles. The van der Waals surface area contributed by atoms with Crippen molar-refractivity contribution < 1.29 is 19.5 Å². The van der Waals surface area contributed by atoms with Gasteiger partial charge in [-0.1, -0.05) is 6.07 Å². The van der Waals surface area contributed by atoms with Gasteiger partial charge in [-0.25, -0.2) is 0 Å². The summed E-state index contributed by atoms with van der Waals surface area (Å²) in [6.45, 7) is 6.34. The number of anilines is 1. The number of amides is 2. The Kier molecular flexibility index (Phi) is 5.26. The third-order valence-electron chi connectivity index (χ3n) is 4.41. The van der Waals surface area contributed by atoms with Crippen LogP contribution >= 0.6 is 0 Å². The van der Waals surface area contributed by atoms with Gasteiger partial charge in [0.05, 0.1) is 5.41 Å². The van der Waals surface area contributed by atoms with E-state index < -0.39 is 11.4 Å². The van der Waals surface area contributed by atoms with Crippen LogP contribution in [0.15, 0.2) is 18.2 Å². The summed E-state index contributed by atoms with van der Waals surface area (Å²) in [7, 11) is 0. The molecule has 1 aliphatic heterocycles. The molecule has 1 fully saturated rings. The highest BCUT2D eigenvalue weighted by Crippen LogP contribution is 2.25. The van der Waals surface area contributed by atoms with Crippen LogP contribution in [0.1, 0.15) is 49.0 Å². The second kappa shape index (κ2) is 7.03. The Morgan fingerprint density at radius 3 is 2.42 bits per heavy atom. The molecule has 2 amide bonds. The highest BCUT2D eigenvalue weighted by molar-refractivity contribution is 6.00. The average molecular weight is 332 g/mol. The van der Waals surface area contributed by atoms with Crippen molar-refractivity contribution in [2.75, 3.05) is 18.4 Å². The molecule has 1 aromatic carbocycles. The van der Waals surface area contributed by atoms with Crippen LogP contribution < -0.4 is 5.32 Å². The molecule has 1 aromatic rings. The zero-order valence-electron chi connectivity index (χ0n) is 14.4. The van der Waals surface area contributed by atoms with Gasteiger partial charge in [-0.15, -0.1) is 0 Å². The van der Waals surface area contributed by atoms with E-state index >= 15 is 0 Å². The monoisotopic (exact) mass is 332 g/mol. The summed E-state index contributed by atoms with van der Waals surface area (Å²) in [5.74, 6) is -1.42. The standard InChI is InChI=1S/C18H24N2O4/c1-12-13(16(22)20-9-4-5-10-20)7-6-8-14(12)19-15(21)11-18(2,3)17(23)24/h6-8H,4-5,9-11H2,1-3H3,(H,19,21)(H,23,24).